The number of fused-ring (bicyclic) bond motifs is 1. The summed E-state index contributed by atoms with van der Waals surface area (Å²) in [6.45, 7) is 4.53. The number of nitrogens with two attached hydrogens (primary N) is 1. The Hall–Kier alpha value is -1.79. The predicted octanol–water partition coefficient (Wildman–Crippen LogP) is 2.22. The number of methoxy groups -OCH3 is 1. The van der Waals surface area contributed by atoms with Crippen molar-refractivity contribution in [3.8, 4) is 5.75 Å². The Bertz CT molecular complexity index is 625. The van der Waals surface area contributed by atoms with E-state index in [0.29, 0.717) is 22.9 Å². The van der Waals surface area contributed by atoms with Gasteiger partial charge < -0.3 is 21.1 Å². The highest BCUT2D eigenvalue weighted by Gasteiger charge is 2.18. The third-order valence-corrected chi connectivity index (χ3v) is 4.38. The molecule has 114 valence electrons. The Balaban J connectivity index is 2.11. The van der Waals surface area contributed by atoms with E-state index >= 15 is 0 Å². The summed E-state index contributed by atoms with van der Waals surface area (Å²) in [6.07, 6.45) is 0.897. The Kier molecular flexibility index (Phi) is 5.41. The number of thiophene rings is 1. The zero-order valence-corrected chi connectivity index (χ0v) is 13.2. The predicted molar refractivity (Wildman–Crippen MR) is 88.3 cm³/mol. The van der Waals surface area contributed by atoms with Crippen molar-refractivity contribution in [3.63, 3.8) is 0 Å². The molecule has 1 aromatic heterocycles. The lowest BCUT2D eigenvalue weighted by Gasteiger charge is -2.05. The van der Waals surface area contributed by atoms with E-state index in [1.54, 1.807) is 7.11 Å². The van der Waals surface area contributed by atoms with Crippen molar-refractivity contribution >= 4 is 33.0 Å². The van der Waals surface area contributed by atoms with Gasteiger partial charge in [-0.2, -0.15) is 0 Å². The molecular formula is C15H21N3O2S. The second-order valence-corrected chi connectivity index (χ2v) is 5.69. The fourth-order valence-corrected chi connectivity index (χ4v) is 3.21. The molecule has 2 rings (SSSR count). The van der Waals surface area contributed by atoms with Crippen LogP contribution in [0.15, 0.2) is 18.2 Å². The summed E-state index contributed by atoms with van der Waals surface area (Å²) in [5.74, 6) is 0.583. The molecule has 6 heteroatoms. The molecule has 0 atom stereocenters. The van der Waals surface area contributed by atoms with Crippen LogP contribution in [0.5, 0.6) is 5.75 Å². The number of ether oxygens (including phenoxy) is 1. The average Bonchev–Trinajstić information content (AvgIpc) is 2.84. The summed E-state index contributed by atoms with van der Waals surface area (Å²) < 4.78 is 6.28. The lowest BCUT2D eigenvalue weighted by Crippen LogP contribution is -2.27. The van der Waals surface area contributed by atoms with E-state index in [1.165, 1.54) is 11.3 Å². The highest BCUT2D eigenvalue weighted by atomic mass is 32.1. The van der Waals surface area contributed by atoms with Gasteiger partial charge in [-0.1, -0.05) is 13.0 Å². The maximum atomic E-state index is 12.2. The van der Waals surface area contributed by atoms with Gasteiger partial charge in [-0.25, -0.2) is 0 Å². The molecule has 0 spiro atoms. The number of nitrogens with one attached hydrogen (secondary N) is 2. The zero-order valence-electron chi connectivity index (χ0n) is 12.4. The van der Waals surface area contributed by atoms with Gasteiger partial charge in [0.2, 0.25) is 0 Å². The van der Waals surface area contributed by atoms with E-state index < -0.39 is 0 Å². The maximum Gasteiger partial charge on any atom is 0.263 e. The standard InChI is InChI=1S/C15H21N3O2S/c1-3-17-8-5-9-18-15(19)14-13(16)12-10(20-2)6-4-7-11(12)21-14/h4,6-7,17H,3,5,8-9,16H2,1-2H3,(H,18,19). The smallest absolute Gasteiger partial charge is 0.263 e. The first-order valence-corrected chi connectivity index (χ1v) is 7.84. The quantitative estimate of drug-likeness (QED) is 0.686. The zero-order chi connectivity index (χ0) is 15.2. The molecule has 0 aliphatic rings. The summed E-state index contributed by atoms with van der Waals surface area (Å²) in [5, 5.41) is 6.95. The van der Waals surface area contributed by atoms with Crippen LogP contribution in [0.3, 0.4) is 0 Å². The second-order valence-electron chi connectivity index (χ2n) is 4.64. The molecule has 4 N–H and O–H groups in total. The average molecular weight is 307 g/mol. The van der Waals surface area contributed by atoms with Crippen LogP contribution >= 0.6 is 11.3 Å². The number of amides is 1. The number of carbonyl (C=O) groups excluding carboxylic acids is 1. The lowest BCUT2D eigenvalue weighted by atomic mass is 10.2. The Morgan fingerprint density at radius 3 is 2.90 bits per heavy atom. The first kappa shape index (κ1) is 15.6. The number of nitrogen functional groups attached to an aromatic ring is 1. The monoisotopic (exact) mass is 307 g/mol. The molecule has 5 nitrogen and oxygen atoms in total. The van der Waals surface area contributed by atoms with E-state index in [4.69, 9.17) is 10.5 Å². The van der Waals surface area contributed by atoms with Gasteiger partial charge >= 0.3 is 0 Å². The van der Waals surface area contributed by atoms with Crippen LogP contribution in [0, 0.1) is 0 Å². The topological polar surface area (TPSA) is 76.4 Å². The third kappa shape index (κ3) is 3.46. The normalized spacial score (nSPS) is 10.8. The van der Waals surface area contributed by atoms with Gasteiger partial charge in [0.1, 0.15) is 10.6 Å². The molecule has 1 amide bonds. The van der Waals surface area contributed by atoms with Crippen molar-refractivity contribution in [2.75, 3.05) is 32.5 Å². The van der Waals surface area contributed by atoms with Crippen LogP contribution in [-0.4, -0.2) is 32.7 Å². The van der Waals surface area contributed by atoms with E-state index in [1.807, 2.05) is 18.2 Å². The van der Waals surface area contributed by atoms with Crippen LogP contribution < -0.4 is 21.1 Å². The first-order chi connectivity index (χ1) is 10.2. The van der Waals surface area contributed by atoms with Crippen molar-refractivity contribution in [2.45, 2.75) is 13.3 Å². The fourth-order valence-electron chi connectivity index (χ4n) is 2.15. The number of carbonyl (C=O) groups is 1. The van der Waals surface area contributed by atoms with Gasteiger partial charge in [-0.15, -0.1) is 11.3 Å². The van der Waals surface area contributed by atoms with Gasteiger partial charge in [0.05, 0.1) is 18.2 Å². The number of rotatable bonds is 7. The van der Waals surface area contributed by atoms with E-state index in [2.05, 4.69) is 17.6 Å². The van der Waals surface area contributed by atoms with Gasteiger partial charge in [0.15, 0.2) is 0 Å². The molecule has 0 bridgehead atoms. The third-order valence-electron chi connectivity index (χ3n) is 3.21. The molecule has 0 aliphatic heterocycles. The van der Waals surface area contributed by atoms with Gasteiger partial charge in [-0.05, 0) is 31.6 Å². The molecule has 0 fully saturated rings. The minimum Gasteiger partial charge on any atom is -0.496 e. The number of hydrogen-bond acceptors (Lipinski definition) is 5. The minimum absolute atomic E-state index is 0.118. The van der Waals surface area contributed by atoms with Gasteiger partial charge in [-0.3, -0.25) is 4.79 Å². The second kappa shape index (κ2) is 7.28. The first-order valence-electron chi connectivity index (χ1n) is 7.03. The summed E-state index contributed by atoms with van der Waals surface area (Å²) in [7, 11) is 1.60. The summed E-state index contributed by atoms with van der Waals surface area (Å²) >= 11 is 1.40. The SMILES string of the molecule is CCNCCCNC(=O)c1sc2cccc(OC)c2c1N. The summed E-state index contributed by atoms with van der Waals surface area (Å²) in [5.41, 5.74) is 6.62. The van der Waals surface area contributed by atoms with E-state index in [9.17, 15) is 4.79 Å². The Morgan fingerprint density at radius 1 is 1.38 bits per heavy atom. The van der Waals surface area contributed by atoms with Crippen LogP contribution in [0.4, 0.5) is 5.69 Å². The number of anilines is 1. The van der Waals surface area contributed by atoms with E-state index in [-0.39, 0.29) is 5.91 Å². The molecule has 0 saturated heterocycles. The molecule has 2 aromatic rings. The van der Waals surface area contributed by atoms with Crippen LogP contribution in [-0.2, 0) is 0 Å². The van der Waals surface area contributed by atoms with E-state index in [0.717, 1.165) is 29.6 Å². The van der Waals surface area contributed by atoms with Crippen LogP contribution in [0.25, 0.3) is 10.1 Å². The van der Waals surface area contributed by atoms with Crippen molar-refractivity contribution in [2.24, 2.45) is 0 Å². The maximum absolute atomic E-state index is 12.2. The summed E-state index contributed by atoms with van der Waals surface area (Å²) in [4.78, 5) is 12.8. The summed E-state index contributed by atoms with van der Waals surface area (Å²) in [6, 6.07) is 5.69. The molecule has 0 radical (unpaired) electrons. The Labute approximate surface area is 128 Å². The van der Waals surface area contributed by atoms with Crippen LogP contribution in [0.2, 0.25) is 0 Å². The molecule has 1 heterocycles. The highest BCUT2D eigenvalue weighted by Crippen LogP contribution is 2.39. The van der Waals surface area contributed by atoms with Crippen molar-refractivity contribution in [1.29, 1.82) is 0 Å². The molecule has 21 heavy (non-hydrogen) atoms. The molecule has 1 aromatic carbocycles. The molecule has 0 saturated carbocycles. The van der Waals surface area contributed by atoms with Crippen LogP contribution in [0.1, 0.15) is 23.0 Å². The van der Waals surface area contributed by atoms with Gasteiger partial charge in [0.25, 0.3) is 5.91 Å². The molecule has 0 aliphatic carbocycles. The Morgan fingerprint density at radius 2 is 2.19 bits per heavy atom. The number of hydrogen-bond donors (Lipinski definition) is 3. The molecular weight excluding hydrogens is 286 g/mol. The lowest BCUT2D eigenvalue weighted by molar-refractivity contribution is 0.0958. The molecule has 0 unspecified atom stereocenters. The highest BCUT2D eigenvalue weighted by molar-refractivity contribution is 7.21. The van der Waals surface area contributed by atoms with Crippen molar-refractivity contribution in [1.82, 2.24) is 10.6 Å². The minimum atomic E-state index is -0.118. The number of benzene rings is 1. The fraction of sp³-hybridized carbons (Fsp3) is 0.400. The van der Waals surface area contributed by atoms with Gasteiger partial charge in [0, 0.05) is 11.2 Å². The largest absolute Gasteiger partial charge is 0.496 e. The van der Waals surface area contributed by atoms with Crippen molar-refractivity contribution < 1.29 is 9.53 Å². The van der Waals surface area contributed by atoms with Crippen molar-refractivity contribution in [3.05, 3.63) is 23.1 Å².